The average Bonchev–Trinajstić information content (AvgIpc) is 3.45. The molecule has 12 heteroatoms. The van der Waals surface area contributed by atoms with Crippen LogP contribution in [-0.2, 0) is 9.59 Å². The molecule has 3 rings (SSSR count). The van der Waals surface area contributed by atoms with Crippen molar-refractivity contribution in [2.45, 2.75) is 102 Å². The van der Waals surface area contributed by atoms with Crippen LogP contribution in [0.2, 0.25) is 0 Å². The fourth-order valence-corrected chi connectivity index (χ4v) is 4.86. The largest absolute Gasteiger partial charge is 0.439 e. The third-order valence-corrected chi connectivity index (χ3v) is 6.73. The Morgan fingerprint density at radius 3 is 0.969 bits per heavy atom. The molecular weight excluding hydrogens is 446 g/mol. The van der Waals surface area contributed by atoms with Crippen molar-refractivity contribution in [1.29, 1.82) is 0 Å². The molecule has 1 aliphatic heterocycles. The van der Waals surface area contributed by atoms with Crippen LogP contribution >= 0.6 is 0 Å². The molecule has 2 spiro atoms. The fourth-order valence-electron chi connectivity index (χ4n) is 4.86. The van der Waals surface area contributed by atoms with Gasteiger partial charge in [-0.3, -0.25) is 19.4 Å². The summed E-state index contributed by atoms with van der Waals surface area (Å²) in [5, 5.41) is 22.5. The lowest BCUT2D eigenvalue weighted by Gasteiger charge is -2.65. The minimum absolute atomic E-state index is 0.188. The van der Waals surface area contributed by atoms with Gasteiger partial charge in [0.05, 0.1) is 0 Å². The Bertz CT molecular complexity index is 778. The molecule has 3 fully saturated rings. The molecule has 2 amide bonds. The average molecular weight is 474 g/mol. The number of hydrogen-bond donors (Lipinski definition) is 2. The lowest BCUT2D eigenvalue weighted by molar-refractivity contribution is -0.430. The van der Waals surface area contributed by atoms with Crippen molar-refractivity contribution in [3.05, 3.63) is 0 Å². The fraction of sp³-hybridized carbons (Fsp3) is 0.900. The van der Waals surface area contributed by atoms with Crippen molar-refractivity contribution < 1.29 is 46.1 Å². The number of halogens is 6. The highest BCUT2D eigenvalue weighted by molar-refractivity contribution is 5.88. The van der Waals surface area contributed by atoms with Gasteiger partial charge in [-0.25, -0.2) is 0 Å². The molecule has 0 unspecified atom stereocenters. The zero-order chi connectivity index (χ0) is 25.1. The quantitative estimate of drug-likeness (QED) is 0.528. The summed E-state index contributed by atoms with van der Waals surface area (Å²) in [6, 6.07) is 0. The van der Waals surface area contributed by atoms with Gasteiger partial charge in [-0.15, -0.1) is 0 Å². The molecule has 0 aromatic heterocycles. The van der Waals surface area contributed by atoms with Crippen LogP contribution in [0.3, 0.4) is 0 Å². The van der Waals surface area contributed by atoms with E-state index in [-0.39, 0.29) is 9.80 Å². The first kappa shape index (κ1) is 25.1. The van der Waals surface area contributed by atoms with E-state index in [9.17, 15) is 46.1 Å². The summed E-state index contributed by atoms with van der Waals surface area (Å²) in [4.78, 5) is 26.1. The summed E-state index contributed by atoms with van der Waals surface area (Å²) in [5.74, 6) is -2.79. The van der Waals surface area contributed by atoms with E-state index in [1.807, 2.05) is 0 Å². The molecule has 32 heavy (non-hydrogen) atoms. The number of alkyl halides is 6. The van der Waals surface area contributed by atoms with Crippen molar-refractivity contribution in [1.82, 2.24) is 9.80 Å². The number of carbonyl (C=O) groups excluding carboxylic acids is 2. The first-order chi connectivity index (χ1) is 14.0. The Morgan fingerprint density at radius 2 is 0.844 bits per heavy atom. The molecule has 0 aromatic carbocycles. The molecule has 2 saturated carbocycles. The third kappa shape index (κ3) is 2.74. The Labute approximate surface area is 181 Å². The van der Waals surface area contributed by atoms with Crippen LogP contribution in [0.1, 0.15) is 67.2 Å². The molecule has 2 aliphatic carbocycles. The molecule has 6 nitrogen and oxygen atoms in total. The van der Waals surface area contributed by atoms with E-state index in [0.29, 0.717) is 0 Å². The van der Waals surface area contributed by atoms with Gasteiger partial charge >= 0.3 is 12.4 Å². The number of amides is 2. The lowest BCUT2D eigenvalue weighted by atomic mass is 9.76. The first-order valence-electron chi connectivity index (χ1n) is 10.2. The van der Waals surface area contributed by atoms with Crippen LogP contribution < -0.4 is 0 Å². The van der Waals surface area contributed by atoms with Crippen LogP contribution in [-0.4, -0.2) is 66.7 Å². The Kier molecular flexibility index (Phi) is 4.78. The van der Waals surface area contributed by atoms with Gasteiger partial charge < -0.3 is 10.2 Å². The van der Waals surface area contributed by atoms with Gasteiger partial charge in [0, 0.05) is 10.8 Å². The number of piperazine rings is 1. The zero-order valence-corrected chi connectivity index (χ0v) is 18.7. The summed E-state index contributed by atoms with van der Waals surface area (Å²) in [5.41, 5.74) is -17.2. The van der Waals surface area contributed by atoms with E-state index in [0.717, 1.165) is 0 Å². The van der Waals surface area contributed by atoms with Crippen LogP contribution in [0.15, 0.2) is 0 Å². The van der Waals surface area contributed by atoms with E-state index in [1.54, 1.807) is 0 Å². The topological polar surface area (TPSA) is 81.1 Å². The maximum absolute atomic E-state index is 14.6. The predicted octanol–water partition coefficient (Wildman–Crippen LogP) is 3.32. The maximum Gasteiger partial charge on any atom is 0.439 e. The molecular formula is C20H28F6N2O4. The van der Waals surface area contributed by atoms with Gasteiger partial charge in [0.1, 0.15) is 11.1 Å². The maximum atomic E-state index is 14.6. The summed E-state index contributed by atoms with van der Waals surface area (Å²) in [7, 11) is 0. The van der Waals surface area contributed by atoms with Crippen LogP contribution in [0.4, 0.5) is 26.3 Å². The molecule has 0 radical (unpaired) electrons. The van der Waals surface area contributed by atoms with Gasteiger partial charge in [0.25, 0.3) is 11.4 Å². The van der Waals surface area contributed by atoms with E-state index < -0.39 is 83.2 Å². The molecule has 184 valence electrons. The predicted molar refractivity (Wildman–Crippen MR) is 98.5 cm³/mol. The number of carbonyl (C=O) groups is 2. The van der Waals surface area contributed by atoms with E-state index >= 15 is 0 Å². The van der Waals surface area contributed by atoms with Gasteiger partial charge in [-0.1, -0.05) is 41.5 Å². The van der Waals surface area contributed by atoms with Crippen LogP contribution in [0.25, 0.3) is 0 Å². The monoisotopic (exact) mass is 474 g/mol. The van der Waals surface area contributed by atoms with Gasteiger partial charge in [0.2, 0.25) is 11.8 Å². The third-order valence-electron chi connectivity index (χ3n) is 6.73. The van der Waals surface area contributed by atoms with Crippen molar-refractivity contribution in [2.24, 2.45) is 10.8 Å². The highest BCUT2D eigenvalue weighted by Crippen LogP contribution is 2.72. The number of rotatable bonds is 0. The van der Waals surface area contributed by atoms with Crippen molar-refractivity contribution in [2.75, 3.05) is 0 Å². The van der Waals surface area contributed by atoms with E-state index in [4.69, 9.17) is 0 Å². The molecule has 3 aliphatic rings. The van der Waals surface area contributed by atoms with Crippen molar-refractivity contribution in [3.8, 4) is 0 Å². The van der Waals surface area contributed by atoms with Crippen LogP contribution in [0, 0.1) is 10.8 Å². The van der Waals surface area contributed by atoms with Gasteiger partial charge in [-0.2, -0.15) is 26.3 Å². The summed E-state index contributed by atoms with van der Waals surface area (Å²) in [6.45, 7) is 7.26. The second kappa shape index (κ2) is 6.11. The van der Waals surface area contributed by atoms with E-state index in [2.05, 4.69) is 0 Å². The molecule has 1 heterocycles. The molecule has 1 saturated heterocycles. The highest BCUT2D eigenvalue weighted by atomic mass is 19.4. The smallest absolute Gasteiger partial charge is 0.362 e. The first-order valence-corrected chi connectivity index (χ1v) is 10.2. The second-order valence-corrected chi connectivity index (χ2v) is 11.2. The minimum Gasteiger partial charge on any atom is -0.362 e. The molecule has 2 atom stereocenters. The number of nitrogens with zero attached hydrogens (tertiary/aromatic N) is 2. The van der Waals surface area contributed by atoms with Crippen LogP contribution in [0.5, 0.6) is 0 Å². The van der Waals surface area contributed by atoms with Gasteiger partial charge in [0.15, 0.2) is 0 Å². The Hall–Kier alpha value is -1.56. The standard InChI is InChI=1S/C20H28F6N2O4/c1-13(2,3)11(29)27-15(7-8-15)18(32,20(24,25)26)28(12(30)14(4,5)6)16(9-10-16)17(27,31)19(21,22)23/h31-32H,7-10H2,1-6H3/t17-,18+. The van der Waals surface area contributed by atoms with E-state index in [1.165, 1.54) is 41.5 Å². The zero-order valence-electron chi connectivity index (χ0n) is 18.7. The lowest BCUT2D eigenvalue weighted by Crippen LogP contribution is -2.90. The number of aliphatic hydroxyl groups is 2. The summed E-state index contributed by atoms with van der Waals surface area (Å²) >= 11 is 0. The summed E-state index contributed by atoms with van der Waals surface area (Å²) < 4.78 is 87.4. The van der Waals surface area contributed by atoms with Gasteiger partial charge in [-0.05, 0) is 25.7 Å². The number of hydrogen-bond acceptors (Lipinski definition) is 4. The highest BCUT2D eigenvalue weighted by Gasteiger charge is 2.94. The Morgan fingerprint density at radius 1 is 0.625 bits per heavy atom. The van der Waals surface area contributed by atoms with Crippen molar-refractivity contribution >= 4 is 11.8 Å². The molecule has 0 aromatic rings. The minimum atomic E-state index is -5.61. The normalized spacial score (nSPS) is 31.8. The second-order valence-electron chi connectivity index (χ2n) is 11.2. The van der Waals surface area contributed by atoms with Crippen molar-refractivity contribution in [3.63, 3.8) is 0 Å². The SMILES string of the molecule is CC(C)(C)C(=O)N1C2(CC2)[C@@](O)(C(F)(F)F)N(C(=O)C(C)(C)C)C2(CC2)[C@]1(O)C(F)(F)F. The molecule has 0 bridgehead atoms. The summed E-state index contributed by atoms with van der Waals surface area (Å²) in [6.07, 6.45) is -13.9. The Balaban J connectivity index is 2.45. The molecule has 2 N–H and O–H groups in total.